The first-order valence-corrected chi connectivity index (χ1v) is 8.79. The highest BCUT2D eigenvalue weighted by Gasteiger charge is 2.05. The molecule has 27 heavy (non-hydrogen) atoms. The van der Waals surface area contributed by atoms with Crippen molar-refractivity contribution in [2.45, 2.75) is 26.0 Å². The van der Waals surface area contributed by atoms with Crippen molar-refractivity contribution in [2.75, 3.05) is 0 Å². The number of hydrogen-bond acceptors (Lipinski definition) is 3. The van der Waals surface area contributed by atoms with Crippen molar-refractivity contribution in [2.24, 2.45) is 0 Å². The van der Waals surface area contributed by atoms with Crippen LogP contribution in [-0.4, -0.2) is 17.0 Å². The molecule has 5 heteroatoms. The van der Waals surface area contributed by atoms with Gasteiger partial charge in [0.15, 0.2) is 0 Å². The van der Waals surface area contributed by atoms with Gasteiger partial charge in [-0.1, -0.05) is 54.6 Å². The zero-order valence-corrected chi connectivity index (χ0v) is 14.9. The lowest BCUT2D eigenvalue weighted by atomic mass is 10.1. The highest BCUT2D eigenvalue weighted by atomic mass is 16.5. The number of carbonyl (C=O) groups excluding carboxylic acids is 1. The van der Waals surface area contributed by atoms with Crippen molar-refractivity contribution in [3.63, 3.8) is 0 Å². The number of carboxylic acids is 1. The van der Waals surface area contributed by atoms with Gasteiger partial charge in [-0.15, -0.1) is 0 Å². The van der Waals surface area contributed by atoms with E-state index in [0.29, 0.717) is 13.2 Å². The second-order valence-corrected chi connectivity index (χ2v) is 6.24. The molecule has 1 amide bonds. The second-order valence-electron chi connectivity index (χ2n) is 6.24. The Hall–Kier alpha value is -3.34. The molecule has 2 N–H and O–H groups in total. The average molecular weight is 363 g/mol. The van der Waals surface area contributed by atoms with Crippen LogP contribution < -0.4 is 10.1 Å². The van der Waals surface area contributed by atoms with Gasteiger partial charge in [-0.2, -0.15) is 0 Å². The Morgan fingerprint density at radius 1 is 0.889 bits per heavy atom. The molecule has 0 bridgehead atoms. The Balaban J connectivity index is 1.53. The maximum Gasteiger partial charge on any atom is 0.303 e. The molecular weight excluding hydrogens is 342 g/mol. The molecule has 0 fully saturated rings. The van der Waals surface area contributed by atoms with Gasteiger partial charge in [-0.3, -0.25) is 9.59 Å². The van der Waals surface area contributed by atoms with E-state index >= 15 is 0 Å². The van der Waals surface area contributed by atoms with Gasteiger partial charge in [0.1, 0.15) is 12.4 Å². The molecule has 5 nitrogen and oxygen atoms in total. The molecule has 0 saturated heterocycles. The van der Waals surface area contributed by atoms with E-state index in [9.17, 15) is 9.59 Å². The molecule has 0 saturated carbocycles. The van der Waals surface area contributed by atoms with Crippen LogP contribution >= 0.6 is 0 Å². The van der Waals surface area contributed by atoms with Gasteiger partial charge in [-0.05, 0) is 34.0 Å². The van der Waals surface area contributed by atoms with Crippen LogP contribution in [0.4, 0.5) is 0 Å². The molecule has 0 aliphatic carbocycles. The highest BCUT2D eigenvalue weighted by molar-refractivity contribution is 5.85. The molecule has 3 aromatic rings. The van der Waals surface area contributed by atoms with Crippen LogP contribution in [-0.2, 0) is 22.7 Å². The van der Waals surface area contributed by atoms with Crippen molar-refractivity contribution in [1.29, 1.82) is 0 Å². The Labute approximate surface area is 157 Å². The summed E-state index contributed by atoms with van der Waals surface area (Å²) in [6, 6.07) is 21.9. The molecule has 0 spiro atoms. The van der Waals surface area contributed by atoms with Crippen LogP contribution in [0.1, 0.15) is 24.0 Å². The number of hydrogen-bond donors (Lipinski definition) is 2. The van der Waals surface area contributed by atoms with Crippen molar-refractivity contribution in [3.05, 3.63) is 77.9 Å². The van der Waals surface area contributed by atoms with Crippen LogP contribution in [0, 0.1) is 0 Å². The quantitative estimate of drug-likeness (QED) is 0.636. The maximum atomic E-state index is 11.6. The zero-order valence-electron chi connectivity index (χ0n) is 14.9. The molecule has 0 radical (unpaired) electrons. The lowest BCUT2D eigenvalue weighted by molar-refractivity contribution is -0.138. The number of amides is 1. The smallest absolute Gasteiger partial charge is 0.303 e. The summed E-state index contributed by atoms with van der Waals surface area (Å²) in [4.78, 5) is 22.0. The summed E-state index contributed by atoms with van der Waals surface area (Å²) in [5.41, 5.74) is 2.05. The van der Waals surface area contributed by atoms with Crippen LogP contribution in [0.25, 0.3) is 10.8 Å². The number of aliphatic carboxylic acids is 1. The Kier molecular flexibility index (Phi) is 6.05. The van der Waals surface area contributed by atoms with Gasteiger partial charge in [-0.25, -0.2) is 0 Å². The molecule has 0 aromatic heterocycles. The van der Waals surface area contributed by atoms with Crippen molar-refractivity contribution in [3.8, 4) is 5.75 Å². The molecular formula is C22H21NO4. The van der Waals surface area contributed by atoms with E-state index < -0.39 is 5.97 Å². The van der Waals surface area contributed by atoms with E-state index in [-0.39, 0.29) is 18.7 Å². The fourth-order valence-electron chi connectivity index (χ4n) is 2.79. The molecule has 0 aliphatic heterocycles. The van der Waals surface area contributed by atoms with Crippen molar-refractivity contribution >= 4 is 22.6 Å². The Morgan fingerprint density at radius 2 is 1.63 bits per heavy atom. The summed E-state index contributed by atoms with van der Waals surface area (Å²) in [6.07, 6.45) is -0.172. The van der Waals surface area contributed by atoms with E-state index in [4.69, 9.17) is 9.84 Å². The number of carboxylic acid groups (broad SMARTS) is 1. The molecule has 0 atom stereocenters. The third-order valence-corrected chi connectivity index (χ3v) is 4.25. The monoisotopic (exact) mass is 363 g/mol. The Morgan fingerprint density at radius 3 is 2.41 bits per heavy atom. The Bertz CT molecular complexity index is 929. The fourth-order valence-corrected chi connectivity index (χ4v) is 2.79. The molecule has 0 heterocycles. The molecule has 3 aromatic carbocycles. The summed E-state index contributed by atoms with van der Waals surface area (Å²) in [7, 11) is 0. The molecule has 138 valence electrons. The first-order valence-electron chi connectivity index (χ1n) is 8.79. The third kappa shape index (κ3) is 5.31. The van der Waals surface area contributed by atoms with E-state index in [1.807, 2.05) is 42.5 Å². The van der Waals surface area contributed by atoms with Gasteiger partial charge in [0.2, 0.25) is 5.91 Å². The lowest BCUT2D eigenvalue weighted by Crippen LogP contribution is -2.23. The van der Waals surface area contributed by atoms with Crippen LogP contribution in [0.2, 0.25) is 0 Å². The normalized spacial score (nSPS) is 10.5. The van der Waals surface area contributed by atoms with Gasteiger partial charge in [0, 0.05) is 13.0 Å². The molecule has 3 rings (SSSR count). The summed E-state index contributed by atoms with van der Waals surface area (Å²) < 4.78 is 5.89. The minimum absolute atomic E-state index is 0.0123. The van der Waals surface area contributed by atoms with Gasteiger partial charge >= 0.3 is 5.97 Å². The number of nitrogens with one attached hydrogen (secondary N) is 1. The summed E-state index contributed by atoms with van der Waals surface area (Å²) in [6.45, 7) is 0.842. The first kappa shape index (κ1) is 18.5. The van der Waals surface area contributed by atoms with Crippen molar-refractivity contribution < 1.29 is 19.4 Å². The van der Waals surface area contributed by atoms with Gasteiger partial charge in [0.05, 0.1) is 6.42 Å². The van der Waals surface area contributed by atoms with Crippen LogP contribution in [0.15, 0.2) is 66.7 Å². The second kappa shape index (κ2) is 8.85. The minimum Gasteiger partial charge on any atom is -0.489 e. The highest BCUT2D eigenvalue weighted by Crippen LogP contribution is 2.21. The number of ether oxygens (including phenoxy) is 1. The van der Waals surface area contributed by atoms with Gasteiger partial charge < -0.3 is 15.2 Å². The summed E-state index contributed by atoms with van der Waals surface area (Å²) in [5, 5.41) is 13.7. The topological polar surface area (TPSA) is 75.6 Å². The SMILES string of the molecule is O=C(O)CCC(=O)NCc1ccc(OCc2cccc3ccccc23)cc1. The summed E-state index contributed by atoms with van der Waals surface area (Å²) >= 11 is 0. The standard InChI is InChI=1S/C22H21NO4/c24-21(12-13-22(25)26)23-14-16-8-10-19(11-9-16)27-15-18-6-3-5-17-4-1-2-7-20(17)18/h1-11H,12-15H2,(H,23,24)(H,25,26). The van der Waals surface area contributed by atoms with E-state index in [0.717, 1.165) is 16.9 Å². The molecule has 0 unspecified atom stereocenters. The fraction of sp³-hybridized carbons (Fsp3) is 0.182. The predicted molar refractivity (Wildman–Crippen MR) is 103 cm³/mol. The lowest BCUT2D eigenvalue weighted by Gasteiger charge is -2.10. The number of fused-ring (bicyclic) bond motifs is 1. The maximum absolute atomic E-state index is 11.6. The minimum atomic E-state index is -0.974. The summed E-state index contributed by atoms with van der Waals surface area (Å²) in [5.74, 6) is -0.490. The van der Waals surface area contributed by atoms with E-state index in [1.54, 1.807) is 0 Å². The zero-order chi connectivity index (χ0) is 19.1. The van der Waals surface area contributed by atoms with Crippen molar-refractivity contribution in [1.82, 2.24) is 5.32 Å². The number of benzene rings is 3. The first-order chi connectivity index (χ1) is 13.1. The average Bonchev–Trinajstić information content (AvgIpc) is 2.70. The van der Waals surface area contributed by atoms with Crippen LogP contribution in [0.3, 0.4) is 0 Å². The van der Waals surface area contributed by atoms with Gasteiger partial charge in [0.25, 0.3) is 0 Å². The molecule has 0 aliphatic rings. The van der Waals surface area contributed by atoms with E-state index in [1.165, 1.54) is 10.8 Å². The largest absolute Gasteiger partial charge is 0.489 e. The number of rotatable bonds is 8. The van der Waals surface area contributed by atoms with Crippen LogP contribution in [0.5, 0.6) is 5.75 Å². The predicted octanol–water partition coefficient (Wildman–Crippen LogP) is 3.90. The number of carbonyl (C=O) groups is 2. The van der Waals surface area contributed by atoms with E-state index in [2.05, 4.69) is 29.6 Å². The third-order valence-electron chi connectivity index (χ3n) is 4.25.